The molecule has 0 spiro atoms. The molecule has 0 radical (unpaired) electrons. The summed E-state index contributed by atoms with van der Waals surface area (Å²) in [7, 11) is 1.49. The molecule has 28 heavy (non-hydrogen) atoms. The average Bonchev–Trinajstić information content (AvgIpc) is 2.90. The summed E-state index contributed by atoms with van der Waals surface area (Å²) in [4.78, 5) is 52.1. The molecule has 1 saturated heterocycles. The standard InChI is InChI=1S/C21H25N3O4/c1-13-7-6-8-14(2)19(13)22-17(25)11-23(3)18(26)12-24-20(27)15-9-4-5-10-16(15)21(24)28/h4-8,15-16H,9-12H2,1-3H3,(H,22,25)/t15-,16-/m1/s1. The molecule has 0 aromatic heterocycles. The Kier molecular flexibility index (Phi) is 5.63. The number of amides is 4. The topological polar surface area (TPSA) is 86.8 Å². The van der Waals surface area contributed by atoms with Gasteiger partial charge in [-0.3, -0.25) is 24.1 Å². The van der Waals surface area contributed by atoms with E-state index in [2.05, 4.69) is 5.32 Å². The Balaban J connectivity index is 1.58. The molecule has 1 fully saturated rings. The molecule has 0 unspecified atom stereocenters. The van der Waals surface area contributed by atoms with Crippen LogP contribution < -0.4 is 5.32 Å². The number of likely N-dealkylation sites (N-methyl/N-ethyl adjacent to an activating group) is 1. The number of imide groups is 1. The van der Waals surface area contributed by atoms with E-state index in [9.17, 15) is 19.2 Å². The maximum absolute atomic E-state index is 12.5. The van der Waals surface area contributed by atoms with Gasteiger partial charge >= 0.3 is 0 Å². The van der Waals surface area contributed by atoms with E-state index in [1.165, 1.54) is 11.9 Å². The Morgan fingerprint density at radius 1 is 1.07 bits per heavy atom. The van der Waals surface area contributed by atoms with Crippen molar-refractivity contribution >= 4 is 29.3 Å². The minimum absolute atomic E-state index is 0.156. The highest BCUT2D eigenvalue weighted by molar-refractivity contribution is 6.07. The number of benzene rings is 1. The van der Waals surface area contributed by atoms with Gasteiger partial charge in [0.05, 0.1) is 18.4 Å². The predicted octanol–water partition coefficient (Wildman–Crippen LogP) is 1.65. The number of nitrogens with one attached hydrogen (secondary N) is 1. The van der Waals surface area contributed by atoms with Crippen molar-refractivity contribution < 1.29 is 19.2 Å². The quantitative estimate of drug-likeness (QED) is 0.619. The Bertz CT molecular complexity index is 815. The van der Waals surface area contributed by atoms with E-state index in [1.807, 2.05) is 44.2 Å². The minimum atomic E-state index is -0.440. The van der Waals surface area contributed by atoms with Crippen molar-refractivity contribution in [2.45, 2.75) is 26.7 Å². The third-order valence-corrected chi connectivity index (χ3v) is 5.44. The molecule has 2 aliphatic rings. The second kappa shape index (κ2) is 7.96. The highest BCUT2D eigenvalue weighted by Gasteiger charge is 2.47. The summed E-state index contributed by atoms with van der Waals surface area (Å²) in [5.41, 5.74) is 2.61. The number of allylic oxidation sites excluding steroid dienone is 2. The second-order valence-corrected chi connectivity index (χ2v) is 7.48. The number of hydrogen-bond acceptors (Lipinski definition) is 4. The largest absolute Gasteiger partial charge is 0.335 e. The lowest BCUT2D eigenvalue weighted by Gasteiger charge is -2.21. The van der Waals surface area contributed by atoms with Crippen LogP contribution in [-0.4, -0.2) is 53.6 Å². The van der Waals surface area contributed by atoms with Crippen LogP contribution in [0.1, 0.15) is 24.0 Å². The van der Waals surface area contributed by atoms with Gasteiger partial charge in [0.2, 0.25) is 23.6 Å². The van der Waals surface area contributed by atoms with Gasteiger partial charge in [-0.25, -0.2) is 0 Å². The number of rotatable bonds is 5. The number of carbonyl (C=O) groups excluding carboxylic acids is 4. The molecule has 148 valence electrons. The zero-order chi connectivity index (χ0) is 20.4. The van der Waals surface area contributed by atoms with Crippen LogP contribution in [0.5, 0.6) is 0 Å². The summed E-state index contributed by atoms with van der Waals surface area (Å²) in [5.74, 6) is -2.07. The average molecular weight is 383 g/mol. The normalized spacial score (nSPS) is 20.9. The monoisotopic (exact) mass is 383 g/mol. The summed E-state index contributed by atoms with van der Waals surface area (Å²) in [6, 6.07) is 5.71. The Morgan fingerprint density at radius 3 is 2.14 bits per heavy atom. The summed E-state index contributed by atoms with van der Waals surface area (Å²) >= 11 is 0. The van der Waals surface area contributed by atoms with Crippen molar-refractivity contribution in [3.05, 3.63) is 41.5 Å². The van der Waals surface area contributed by atoms with Gasteiger partial charge in [0, 0.05) is 12.7 Å². The number of anilines is 1. The van der Waals surface area contributed by atoms with Crippen LogP contribution in [0.15, 0.2) is 30.4 Å². The molecule has 1 aromatic carbocycles. The SMILES string of the molecule is Cc1cccc(C)c1NC(=O)CN(C)C(=O)CN1C(=O)[C@@H]2CC=CC[C@H]2C1=O. The van der Waals surface area contributed by atoms with E-state index in [1.54, 1.807) is 0 Å². The zero-order valence-corrected chi connectivity index (χ0v) is 16.4. The summed E-state index contributed by atoms with van der Waals surface area (Å²) in [6.45, 7) is 3.32. The van der Waals surface area contributed by atoms with Gasteiger partial charge in [0.15, 0.2) is 0 Å². The summed E-state index contributed by atoms with van der Waals surface area (Å²) in [6.07, 6.45) is 4.88. The van der Waals surface area contributed by atoms with E-state index >= 15 is 0 Å². The molecule has 1 aromatic rings. The zero-order valence-electron chi connectivity index (χ0n) is 16.4. The molecule has 7 nitrogen and oxygen atoms in total. The van der Waals surface area contributed by atoms with Crippen molar-refractivity contribution in [1.29, 1.82) is 0 Å². The van der Waals surface area contributed by atoms with Crippen LogP contribution in [0.2, 0.25) is 0 Å². The lowest BCUT2D eigenvalue weighted by molar-refractivity contribution is -0.146. The van der Waals surface area contributed by atoms with Gasteiger partial charge < -0.3 is 10.2 Å². The van der Waals surface area contributed by atoms with E-state index in [4.69, 9.17) is 0 Å². The first-order valence-electron chi connectivity index (χ1n) is 9.40. The molecular weight excluding hydrogens is 358 g/mol. The van der Waals surface area contributed by atoms with Crippen molar-refractivity contribution in [2.75, 3.05) is 25.5 Å². The second-order valence-electron chi connectivity index (χ2n) is 7.48. The molecule has 1 N–H and O–H groups in total. The van der Waals surface area contributed by atoms with Gasteiger partial charge in [-0.2, -0.15) is 0 Å². The predicted molar refractivity (Wildman–Crippen MR) is 104 cm³/mol. The molecule has 2 atom stereocenters. The molecular formula is C21H25N3O4. The molecule has 1 heterocycles. The van der Waals surface area contributed by atoms with Gasteiger partial charge in [0.1, 0.15) is 6.54 Å². The fourth-order valence-electron chi connectivity index (χ4n) is 3.77. The first kappa shape index (κ1) is 19.8. The number of para-hydroxylation sites is 1. The maximum Gasteiger partial charge on any atom is 0.243 e. The van der Waals surface area contributed by atoms with Crippen molar-refractivity contribution in [3.63, 3.8) is 0 Å². The molecule has 7 heteroatoms. The third kappa shape index (κ3) is 3.83. The number of nitrogens with zero attached hydrogens (tertiary/aromatic N) is 2. The van der Waals surface area contributed by atoms with Crippen molar-refractivity contribution in [3.8, 4) is 0 Å². The maximum atomic E-state index is 12.5. The van der Waals surface area contributed by atoms with Crippen LogP contribution in [0, 0.1) is 25.7 Å². The lowest BCUT2D eigenvalue weighted by Crippen LogP contribution is -2.44. The summed E-state index contributed by atoms with van der Waals surface area (Å²) in [5, 5.41) is 2.83. The molecule has 3 rings (SSSR count). The number of carbonyl (C=O) groups is 4. The Hall–Kier alpha value is -2.96. The van der Waals surface area contributed by atoms with Crippen molar-refractivity contribution in [2.24, 2.45) is 11.8 Å². The molecule has 0 saturated carbocycles. The molecule has 1 aliphatic carbocycles. The van der Waals surface area contributed by atoms with Gasteiger partial charge in [-0.1, -0.05) is 30.4 Å². The highest BCUT2D eigenvalue weighted by Crippen LogP contribution is 2.34. The molecule has 4 amide bonds. The smallest absolute Gasteiger partial charge is 0.243 e. The number of likely N-dealkylation sites (tertiary alicyclic amines) is 1. The number of hydrogen-bond donors (Lipinski definition) is 1. The van der Waals surface area contributed by atoms with Crippen LogP contribution in [0.25, 0.3) is 0 Å². The first-order chi connectivity index (χ1) is 13.3. The Morgan fingerprint density at radius 2 is 1.61 bits per heavy atom. The van der Waals surface area contributed by atoms with Crippen LogP contribution in [0.4, 0.5) is 5.69 Å². The van der Waals surface area contributed by atoms with Crippen molar-refractivity contribution in [1.82, 2.24) is 9.80 Å². The van der Waals surface area contributed by atoms with Gasteiger partial charge in [-0.05, 0) is 37.8 Å². The summed E-state index contributed by atoms with van der Waals surface area (Å²) < 4.78 is 0. The van der Waals surface area contributed by atoms with Gasteiger partial charge in [-0.15, -0.1) is 0 Å². The molecule has 0 bridgehead atoms. The lowest BCUT2D eigenvalue weighted by atomic mass is 9.85. The minimum Gasteiger partial charge on any atom is -0.335 e. The van der Waals surface area contributed by atoms with Crippen LogP contribution >= 0.6 is 0 Å². The van der Waals surface area contributed by atoms with Crippen LogP contribution in [-0.2, 0) is 19.2 Å². The first-order valence-corrected chi connectivity index (χ1v) is 9.40. The fourth-order valence-corrected chi connectivity index (χ4v) is 3.77. The number of fused-ring (bicyclic) bond motifs is 1. The van der Waals surface area contributed by atoms with Crippen LogP contribution in [0.3, 0.4) is 0 Å². The van der Waals surface area contributed by atoms with E-state index in [0.717, 1.165) is 21.7 Å². The Labute approximate surface area is 164 Å². The highest BCUT2D eigenvalue weighted by atomic mass is 16.2. The van der Waals surface area contributed by atoms with E-state index < -0.39 is 5.91 Å². The van der Waals surface area contributed by atoms with E-state index in [-0.39, 0.29) is 42.6 Å². The molecule has 1 aliphatic heterocycles. The van der Waals surface area contributed by atoms with E-state index in [0.29, 0.717) is 12.8 Å². The van der Waals surface area contributed by atoms with Gasteiger partial charge in [0.25, 0.3) is 0 Å². The number of aryl methyl sites for hydroxylation is 2. The fraction of sp³-hybridized carbons (Fsp3) is 0.429. The third-order valence-electron chi connectivity index (χ3n) is 5.44.